The van der Waals surface area contributed by atoms with Crippen LogP contribution >= 0.6 is 0 Å². The van der Waals surface area contributed by atoms with Gasteiger partial charge in [-0.1, -0.05) is 213 Å². The Labute approximate surface area is 263 Å². The summed E-state index contributed by atoms with van der Waals surface area (Å²) in [7, 11) is 0. The fourth-order valence-corrected chi connectivity index (χ4v) is 5.72. The maximum atomic E-state index is 5.03. The summed E-state index contributed by atoms with van der Waals surface area (Å²) in [5.74, 6) is 0. The molecule has 3 N–H and O–H groups in total. The van der Waals surface area contributed by atoms with Gasteiger partial charge in [0, 0.05) is 0 Å². The lowest BCUT2D eigenvalue weighted by molar-refractivity contribution is 0.515. The molecule has 2 nitrogen and oxygen atoms in total. The van der Waals surface area contributed by atoms with Crippen LogP contribution in [0.25, 0.3) is 0 Å². The molecule has 2 heteroatoms. The predicted octanol–water partition coefficient (Wildman–Crippen LogP) is 13.5. The van der Waals surface area contributed by atoms with Crippen LogP contribution in [0.5, 0.6) is 0 Å². The van der Waals surface area contributed by atoms with Crippen molar-refractivity contribution in [1.29, 1.82) is 0 Å². The van der Waals surface area contributed by atoms with E-state index < -0.39 is 0 Å². The lowest BCUT2D eigenvalue weighted by Crippen LogP contribution is -2.16. The third-order valence-corrected chi connectivity index (χ3v) is 8.70. The smallest absolute Gasteiger partial charge is 0.00489 e. The van der Waals surface area contributed by atoms with E-state index in [4.69, 9.17) is 5.73 Å². The van der Waals surface area contributed by atoms with Gasteiger partial charge in [0.15, 0.2) is 0 Å². The molecule has 0 aromatic heterocycles. The number of rotatable bonds is 35. The minimum absolute atomic E-state index is 0.819. The zero-order chi connectivity index (χ0) is 30.2. The van der Waals surface area contributed by atoms with E-state index in [1.807, 2.05) is 0 Å². The lowest BCUT2D eigenvalue weighted by Gasteiger charge is -2.06. The average molecular weight is 581 g/mol. The van der Waals surface area contributed by atoms with Crippen molar-refractivity contribution in [1.82, 2.24) is 5.32 Å². The number of nitrogens with one attached hydrogen (secondary N) is 1. The van der Waals surface area contributed by atoms with E-state index in [-0.39, 0.29) is 0 Å². The molecule has 250 valence electrons. The molecular formula is C39H84N2. The van der Waals surface area contributed by atoms with Crippen molar-refractivity contribution in [3.05, 3.63) is 0 Å². The van der Waals surface area contributed by atoms with Crippen LogP contribution in [0.4, 0.5) is 0 Å². The number of hydrogen-bond acceptors (Lipinski definition) is 2. The Morgan fingerprint density at radius 2 is 0.439 bits per heavy atom. The summed E-state index contributed by atoms with van der Waals surface area (Å²) in [6.07, 6.45) is 47.8. The maximum Gasteiger partial charge on any atom is -0.00489 e. The number of unbranched alkanes of at least 4 members (excludes halogenated alkanes) is 30. The van der Waals surface area contributed by atoms with Gasteiger partial charge < -0.3 is 11.1 Å². The summed E-state index contributed by atoms with van der Waals surface area (Å²) in [6.45, 7) is 9.98. The molecule has 0 unspecified atom stereocenters. The highest BCUT2D eigenvalue weighted by Gasteiger charge is 1.97. The molecule has 0 saturated carbocycles. The van der Waals surface area contributed by atoms with Gasteiger partial charge in [-0.15, -0.1) is 0 Å². The molecule has 0 bridgehead atoms. The van der Waals surface area contributed by atoms with Crippen molar-refractivity contribution < 1.29 is 0 Å². The second-order valence-electron chi connectivity index (χ2n) is 13.1. The van der Waals surface area contributed by atoms with Crippen molar-refractivity contribution in [2.75, 3.05) is 19.6 Å². The Kier molecular flexibility index (Phi) is 46.6. The molecule has 0 aromatic rings. The molecule has 0 aliphatic rings. The summed E-state index contributed by atoms with van der Waals surface area (Å²) in [6, 6.07) is 0. The molecule has 0 fully saturated rings. The molecule has 0 saturated heterocycles. The van der Waals surface area contributed by atoms with Crippen molar-refractivity contribution in [2.24, 2.45) is 5.73 Å². The van der Waals surface area contributed by atoms with Gasteiger partial charge in [0.25, 0.3) is 0 Å². The topological polar surface area (TPSA) is 38.0 Å². The van der Waals surface area contributed by atoms with Crippen LogP contribution in [0.2, 0.25) is 0 Å². The molecule has 0 rings (SSSR count). The van der Waals surface area contributed by atoms with Gasteiger partial charge in [-0.25, -0.2) is 0 Å². The Morgan fingerprint density at radius 1 is 0.268 bits per heavy atom. The van der Waals surface area contributed by atoms with Crippen molar-refractivity contribution in [3.8, 4) is 0 Å². The van der Waals surface area contributed by atoms with Gasteiger partial charge in [-0.2, -0.15) is 0 Å². The molecule has 0 atom stereocenters. The molecule has 41 heavy (non-hydrogen) atoms. The molecule has 0 radical (unpaired) electrons. The van der Waals surface area contributed by atoms with Gasteiger partial charge >= 0.3 is 0 Å². The van der Waals surface area contributed by atoms with Crippen molar-refractivity contribution >= 4 is 0 Å². The summed E-state index contributed by atoms with van der Waals surface area (Å²) >= 11 is 0. The van der Waals surface area contributed by atoms with Crippen molar-refractivity contribution in [3.63, 3.8) is 0 Å². The second-order valence-corrected chi connectivity index (χ2v) is 13.1. The van der Waals surface area contributed by atoms with E-state index in [1.54, 1.807) is 0 Å². The Hall–Kier alpha value is -0.0800. The molecule has 0 aliphatic carbocycles. The largest absolute Gasteiger partial charge is 0.330 e. The second kappa shape index (κ2) is 44.4. The van der Waals surface area contributed by atoms with E-state index in [1.165, 1.54) is 219 Å². The molecule has 0 heterocycles. The van der Waals surface area contributed by atoms with Gasteiger partial charge in [0.05, 0.1) is 0 Å². The van der Waals surface area contributed by atoms with E-state index in [0.29, 0.717) is 0 Å². The van der Waals surface area contributed by atoms with Crippen LogP contribution in [0.3, 0.4) is 0 Å². The fourth-order valence-electron chi connectivity index (χ4n) is 5.72. The SMILES string of the molecule is CCCCCCCCCCCCCCCCCCNCCCCCCCCCCCCCCCCCC.CCCN. The average Bonchev–Trinajstić information content (AvgIpc) is 2.99. The third kappa shape index (κ3) is 47.1. The predicted molar refractivity (Wildman–Crippen MR) is 191 cm³/mol. The molecule has 0 aromatic carbocycles. The zero-order valence-corrected chi connectivity index (χ0v) is 29.5. The Bertz CT molecular complexity index is 361. The van der Waals surface area contributed by atoms with E-state index in [0.717, 1.165) is 13.0 Å². The van der Waals surface area contributed by atoms with E-state index in [9.17, 15) is 0 Å². The van der Waals surface area contributed by atoms with Crippen molar-refractivity contribution in [2.45, 2.75) is 233 Å². The summed E-state index contributed by atoms with van der Waals surface area (Å²) < 4.78 is 0. The van der Waals surface area contributed by atoms with Gasteiger partial charge in [0.1, 0.15) is 0 Å². The summed E-state index contributed by atoms with van der Waals surface area (Å²) in [5.41, 5.74) is 5.03. The first-order valence-corrected chi connectivity index (χ1v) is 19.7. The first-order valence-electron chi connectivity index (χ1n) is 19.7. The summed E-state index contributed by atoms with van der Waals surface area (Å²) in [5, 5.41) is 3.68. The fraction of sp³-hybridized carbons (Fsp3) is 1.00. The first-order chi connectivity index (χ1) is 20.3. The highest BCUT2D eigenvalue weighted by molar-refractivity contribution is 4.54. The number of nitrogens with two attached hydrogens (primary N) is 1. The highest BCUT2D eigenvalue weighted by Crippen LogP contribution is 2.15. The van der Waals surface area contributed by atoms with Gasteiger partial charge in [-0.05, 0) is 38.9 Å². The minimum atomic E-state index is 0.819. The monoisotopic (exact) mass is 581 g/mol. The van der Waals surface area contributed by atoms with Crippen LogP contribution in [0, 0.1) is 0 Å². The van der Waals surface area contributed by atoms with Crippen LogP contribution in [0.1, 0.15) is 233 Å². The molecule has 0 aliphatic heterocycles. The normalized spacial score (nSPS) is 11.1. The Morgan fingerprint density at radius 3 is 0.610 bits per heavy atom. The third-order valence-electron chi connectivity index (χ3n) is 8.70. The number of hydrogen-bond donors (Lipinski definition) is 2. The highest BCUT2D eigenvalue weighted by atomic mass is 14.8. The molecule has 0 amide bonds. The van der Waals surface area contributed by atoms with E-state index >= 15 is 0 Å². The van der Waals surface area contributed by atoms with E-state index in [2.05, 4.69) is 26.1 Å². The molecular weight excluding hydrogens is 496 g/mol. The first kappa shape index (κ1) is 43.0. The molecule has 0 spiro atoms. The van der Waals surface area contributed by atoms with Crippen LogP contribution < -0.4 is 11.1 Å². The lowest BCUT2D eigenvalue weighted by atomic mass is 10.0. The Balaban J connectivity index is 0. The maximum absolute atomic E-state index is 5.03. The quantitative estimate of drug-likeness (QED) is 0.0731. The van der Waals surface area contributed by atoms with Gasteiger partial charge in [-0.3, -0.25) is 0 Å². The summed E-state index contributed by atoms with van der Waals surface area (Å²) in [4.78, 5) is 0. The van der Waals surface area contributed by atoms with Crippen LogP contribution in [0.15, 0.2) is 0 Å². The van der Waals surface area contributed by atoms with Crippen LogP contribution in [-0.4, -0.2) is 19.6 Å². The van der Waals surface area contributed by atoms with Crippen LogP contribution in [-0.2, 0) is 0 Å². The van der Waals surface area contributed by atoms with Gasteiger partial charge in [0.2, 0.25) is 0 Å². The standard InChI is InChI=1S/C36H75N.C3H9N/c1-3-5-7-9-11-13-15-17-19-21-23-25-27-29-31-33-35-37-36-34-32-30-28-26-24-22-20-18-16-14-12-10-8-6-4-2;1-2-3-4/h37H,3-36H2,1-2H3;2-4H2,1H3. The zero-order valence-electron chi connectivity index (χ0n) is 29.5. The minimum Gasteiger partial charge on any atom is -0.330 e.